The van der Waals surface area contributed by atoms with Crippen LogP contribution in [-0.2, 0) is 0 Å². The van der Waals surface area contributed by atoms with Crippen molar-refractivity contribution in [1.82, 2.24) is 5.32 Å². The Labute approximate surface area is 123 Å². The lowest BCUT2D eigenvalue weighted by Gasteiger charge is -2.19. The van der Waals surface area contributed by atoms with Crippen LogP contribution in [0.15, 0.2) is 41.8 Å². The number of hydrogen-bond donors (Lipinski definition) is 2. The van der Waals surface area contributed by atoms with E-state index in [1.807, 2.05) is 6.07 Å². The normalized spacial score (nSPS) is 14.2. The lowest BCUT2D eigenvalue weighted by molar-refractivity contribution is 0.168. The largest absolute Gasteiger partial charge is 0.387 e. The first-order chi connectivity index (χ1) is 9.70. The molecule has 0 bridgehead atoms. The molecule has 0 aliphatic carbocycles. The molecule has 2 aromatic rings. The maximum atomic E-state index is 13.1. The summed E-state index contributed by atoms with van der Waals surface area (Å²) in [5.74, 6) is -0.315. The molecule has 0 amide bonds. The van der Waals surface area contributed by atoms with Gasteiger partial charge in [-0.2, -0.15) is 0 Å². The molecule has 108 valence electrons. The van der Waals surface area contributed by atoms with Crippen LogP contribution in [0.5, 0.6) is 0 Å². The lowest BCUT2D eigenvalue weighted by Crippen LogP contribution is -2.26. The monoisotopic (exact) mass is 293 g/mol. The van der Waals surface area contributed by atoms with Crippen molar-refractivity contribution in [3.63, 3.8) is 0 Å². The lowest BCUT2D eigenvalue weighted by atomic mass is 10.1. The molecule has 2 unspecified atom stereocenters. The number of aliphatic hydroxyl groups is 1. The van der Waals surface area contributed by atoms with Crippen molar-refractivity contribution >= 4 is 11.3 Å². The smallest absolute Gasteiger partial charge is 0.123 e. The number of aliphatic hydroxyl groups excluding tert-OH is 1. The van der Waals surface area contributed by atoms with Gasteiger partial charge in [-0.15, -0.1) is 11.3 Å². The van der Waals surface area contributed by atoms with Gasteiger partial charge in [0.05, 0.1) is 6.10 Å². The zero-order valence-electron chi connectivity index (χ0n) is 11.6. The Morgan fingerprint density at radius 3 is 2.80 bits per heavy atom. The zero-order chi connectivity index (χ0) is 14.4. The van der Waals surface area contributed by atoms with E-state index in [9.17, 15) is 9.50 Å². The Morgan fingerprint density at radius 1 is 1.30 bits per heavy atom. The average molecular weight is 293 g/mol. The number of nitrogens with one attached hydrogen (secondary N) is 1. The van der Waals surface area contributed by atoms with E-state index in [1.165, 1.54) is 17.0 Å². The molecular weight excluding hydrogens is 273 g/mol. The second kappa shape index (κ2) is 7.53. The minimum Gasteiger partial charge on any atom is -0.387 e. The van der Waals surface area contributed by atoms with Crippen LogP contribution >= 0.6 is 11.3 Å². The van der Waals surface area contributed by atoms with Gasteiger partial charge in [-0.3, -0.25) is 0 Å². The molecule has 1 heterocycles. The molecular formula is C16H20FNOS. The highest BCUT2D eigenvalue weighted by atomic mass is 32.1. The summed E-state index contributed by atoms with van der Waals surface area (Å²) in [6.45, 7) is 2.57. The molecule has 0 fully saturated rings. The Bertz CT molecular complexity index is 515. The summed E-state index contributed by atoms with van der Waals surface area (Å²) in [5.41, 5.74) is 0.610. The van der Waals surface area contributed by atoms with Crippen LogP contribution in [0.1, 0.15) is 42.4 Å². The Morgan fingerprint density at radius 2 is 2.15 bits per heavy atom. The van der Waals surface area contributed by atoms with Gasteiger partial charge < -0.3 is 10.4 Å². The van der Waals surface area contributed by atoms with Crippen LogP contribution in [0.4, 0.5) is 4.39 Å². The molecule has 0 saturated heterocycles. The molecule has 0 aliphatic heterocycles. The fraction of sp³-hybridized carbons (Fsp3) is 0.375. The second-order valence-electron chi connectivity index (χ2n) is 4.84. The van der Waals surface area contributed by atoms with Crippen molar-refractivity contribution in [1.29, 1.82) is 0 Å². The average Bonchev–Trinajstić information content (AvgIpc) is 2.97. The van der Waals surface area contributed by atoms with E-state index in [0.717, 1.165) is 12.8 Å². The highest BCUT2D eigenvalue weighted by Gasteiger charge is 2.14. The van der Waals surface area contributed by atoms with Crippen LogP contribution in [0.3, 0.4) is 0 Å². The molecule has 2 rings (SSSR count). The molecule has 20 heavy (non-hydrogen) atoms. The molecule has 1 aromatic carbocycles. The van der Waals surface area contributed by atoms with Crippen LogP contribution in [0.25, 0.3) is 0 Å². The Kier molecular flexibility index (Phi) is 5.71. The van der Waals surface area contributed by atoms with Gasteiger partial charge in [0.2, 0.25) is 0 Å². The number of rotatable bonds is 7. The summed E-state index contributed by atoms with van der Waals surface area (Å²) in [5, 5.41) is 15.6. The summed E-state index contributed by atoms with van der Waals surface area (Å²) < 4.78 is 13.1. The fourth-order valence-corrected chi connectivity index (χ4v) is 3.05. The molecule has 2 atom stereocenters. The fourth-order valence-electron chi connectivity index (χ4n) is 2.21. The number of hydrogen-bond acceptors (Lipinski definition) is 3. The standard InChI is InChI=1S/C16H20FNOS/c1-2-5-14(16-8-4-9-20-16)18-11-15(19)12-6-3-7-13(17)10-12/h3-4,6-10,14-15,18-19H,2,5,11H2,1H3. The molecule has 2 nitrogen and oxygen atoms in total. The highest BCUT2D eigenvalue weighted by Crippen LogP contribution is 2.24. The molecule has 1 aromatic heterocycles. The minimum absolute atomic E-state index is 0.253. The maximum absolute atomic E-state index is 13.1. The number of thiophene rings is 1. The van der Waals surface area contributed by atoms with Crippen LogP contribution < -0.4 is 5.32 Å². The van der Waals surface area contributed by atoms with Crippen molar-refractivity contribution in [3.8, 4) is 0 Å². The SMILES string of the molecule is CCCC(NCC(O)c1cccc(F)c1)c1cccs1. The van der Waals surface area contributed by atoms with E-state index < -0.39 is 6.10 Å². The molecule has 0 radical (unpaired) electrons. The van der Waals surface area contributed by atoms with Gasteiger partial charge >= 0.3 is 0 Å². The third-order valence-corrected chi connectivity index (χ3v) is 4.24. The summed E-state index contributed by atoms with van der Waals surface area (Å²) in [6.07, 6.45) is 1.41. The predicted octanol–water partition coefficient (Wildman–Crippen LogP) is 4.05. The molecule has 0 spiro atoms. The van der Waals surface area contributed by atoms with Gasteiger partial charge in [0.25, 0.3) is 0 Å². The summed E-state index contributed by atoms with van der Waals surface area (Å²) in [7, 11) is 0. The van der Waals surface area contributed by atoms with Crippen molar-refractivity contribution in [3.05, 3.63) is 58.0 Å². The van der Waals surface area contributed by atoms with Crippen molar-refractivity contribution in [2.45, 2.75) is 31.9 Å². The predicted molar refractivity (Wildman–Crippen MR) is 81.3 cm³/mol. The van der Waals surface area contributed by atoms with E-state index in [1.54, 1.807) is 23.5 Å². The molecule has 2 N–H and O–H groups in total. The Balaban J connectivity index is 1.95. The first-order valence-electron chi connectivity index (χ1n) is 6.91. The molecule has 0 aliphatic rings. The van der Waals surface area contributed by atoms with Gasteiger partial charge in [0.1, 0.15) is 5.82 Å². The number of benzene rings is 1. The second-order valence-corrected chi connectivity index (χ2v) is 5.82. The van der Waals surface area contributed by atoms with Crippen LogP contribution in [-0.4, -0.2) is 11.7 Å². The third kappa shape index (κ3) is 4.13. The van der Waals surface area contributed by atoms with E-state index in [-0.39, 0.29) is 11.9 Å². The topological polar surface area (TPSA) is 32.3 Å². The van der Waals surface area contributed by atoms with Crippen LogP contribution in [0.2, 0.25) is 0 Å². The maximum Gasteiger partial charge on any atom is 0.123 e. The summed E-state index contributed by atoms with van der Waals surface area (Å²) in [4.78, 5) is 1.28. The van der Waals surface area contributed by atoms with E-state index in [0.29, 0.717) is 12.1 Å². The van der Waals surface area contributed by atoms with Gasteiger partial charge in [-0.05, 0) is 35.6 Å². The van der Waals surface area contributed by atoms with Gasteiger partial charge in [-0.1, -0.05) is 31.5 Å². The first kappa shape index (κ1) is 15.2. The molecule has 0 saturated carbocycles. The van der Waals surface area contributed by atoms with Crippen LogP contribution in [0, 0.1) is 5.82 Å². The first-order valence-corrected chi connectivity index (χ1v) is 7.79. The highest BCUT2D eigenvalue weighted by molar-refractivity contribution is 7.10. The minimum atomic E-state index is -0.690. The van der Waals surface area contributed by atoms with Gasteiger partial charge in [-0.25, -0.2) is 4.39 Å². The number of halogens is 1. The summed E-state index contributed by atoms with van der Waals surface area (Å²) >= 11 is 1.72. The van der Waals surface area contributed by atoms with Gasteiger partial charge in [0, 0.05) is 17.5 Å². The van der Waals surface area contributed by atoms with E-state index in [2.05, 4.69) is 23.7 Å². The third-order valence-electron chi connectivity index (χ3n) is 3.26. The Hall–Kier alpha value is -1.23. The van der Waals surface area contributed by atoms with Crippen molar-refractivity contribution < 1.29 is 9.50 Å². The quantitative estimate of drug-likeness (QED) is 0.807. The van der Waals surface area contributed by atoms with E-state index >= 15 is 0 Å². The van der Waals surface area contributed by atoms with E-state index in [4.69, 9.17) is 0 Å². The van der Waals surface area contributed by atoms with Crippen molar-refractivity contribution in [2.75, 3.05) is 6.54 Å². The molecule has 4 heteroatoms. The summed E-state index contributed by atoms with van der Waals surface area (Å²) in [6, 6.07) is 10.5. The van der Waals surface area contributed by atoms with Gasteiger partial charge in [0.15, 0.2) is 0 Å². The zero-order valence-corrected chi connectivity index (χ0v) is 12.4. The van der Waals surface area contributed by atoms with Crippen molar-refractivity contribution in [2.24, 2.45) is 0 Å².